The minimum Gasteiger partial charge on any atom is -0.376 e. The van der Waals surface area contributed by atoms with Crippen LogP contribution in [0.3, 0.4) is 0 Å². The highest BCUT2D eigenvalue weighted by Gasteiger charge is 2.17. The fraction of sp³-hybridized carbons (Fsp3) is 0.625. The predicted octanol–water partition coefficient (Wildman–Crippen LogP) is 3.56. The summed E-state index contributed by atoms with van der Waals surface area (Å²) < 4.78 is 6.87. The van der Waals surface area contributed by atoms with E-state index in [4.69, 9.17) is 4.74 Å². The number of hydrogen-bond acceptors (Lipinski definition) is 3. The van der Waals surface area contributed by atoms with Gasteiger partial charge in [-0.05, 0) is 30.5 Å². The van der Waals surface area contributed by atoms with Crippen LogP contribution in [0, 0.1) is 0 Å². The van der Waals surface area contributed by atoms with E-state index in [2.05, 4.69) is 65.2 Å². The SMILES string of the molecule is CC(C)NCc1ccc(N(C)CC2CCCO2)cc1Br. The molecular weight excluding hydrogens is 316 g/mol. The average Bonchev–Trinajstić information content (AvgIpc) is 2.89. The lowest BCUT2D eigenvalue weighted by molar-refractivity contribution is 0.116. The van der Waals surface area contributed by atoms with Gasteiger partial charge in [-0.3, -0.25) is 0 Å². The first-order valence-corrected chi connectivity index (χ1v) is 8.20. The number of halogens is 1. The summed E-state index contributed by atoms with van der Waals surface area (Å²) in [4.78, 5) is 2.28. The van der Waals surface area contributed by atoms with Crippen molar-refractivity contribution in [3.63, 3.8) is 0 Å². The molecule has 20 heavy (non-hydrogen) atoms. The molecule has 3 nitrogen and oxygen atoms in total. The average molecular weight is 341 g/mol. The predicted molar refractivity (Wildman–Crippen MR) is 88.4 cm³/mol. The van der Waals surface area contributed by atoms with Crippen molar-refractivity contribution in [3.05, 3.63) is 28.2 Å². The first kappa shape index (κ1) is 15.8. The van der Waals surface area contributed by atoms with Gasteiger partial charge in [-0.1, -0.05) is 35.8 Å². The van der Waals surface area contributed by atoms with Gasteiger partial charge < -0.3 is 15.0 Å². The Bertz CT molecular complexity index is 430. The van der Waals surface area contributed by atoms with E-state index in [0.717, 1.165) is 19.7 Å². The molecule has 1 heterocycles. The first-order chi connectivity index (χ1) is 9.56. The first-order valence-electron chi connectivity index (χ1n) is 7.41. The summed E-state index contributed by atoms with van der Waals surface area (Å²) in [5.74, 6) is 0. The number of ether oxygens (including phenoxy) is 1. The maximum Gasteiger partial charge on any atom is 0.0750 e. The molecule has 1 aliphatic heterocycles. The Morgan fingerprint density at radius 3 is 2.85 bits per heavy atom. The van der Waals surface area contributed by atoms with Gasteiger partial charge in [0.1, 0.15) is 0 Å². The molecule has 0 aliphatic carbocycles. The van der Waals surface area contributed by atoms with Crippen molar-refractivity contribution in [3.8, 4) is 0 Å². The van der Waals surface area contributed by atoms with Crippen molar-refractivity contribution in [1.29, 1.82) is 0 Å². The van der Waals surface area contributed by atoms with E-state index >= 15 is 0 Å². The minimum absolute atomic E-state index is 0.390. The molecular formula is C16H25BrN2O. The smallest absolute Gasteiger partial charge is 0.0750 e. The van der Waals surface area contributed by atoms with Crippen LogP contribution in [0.5, 0.6) is 0 Å². The summed E-state index contributed by atoms with van der Waals surface area (Å²) in [6, 6.07) is 7.09. The highest BCUT2D eigenvalue weighted by molar-refractivity contribution is 9.10. The molecule has 0 saturated carbocycles. The van der Waals surface area contributed by atoms with E-state index in [1.165, 1.54) is 28.6 Å². The van der Waals surface area contributed by atoms with Gasteiger partial charge in [-0.2, -0.15) is 0 Å². The van der Waals surface area contributed by atoms with Crippen LogP contribution >= 0.6 is 15.9 Å². The molecule has 1 aromatic rings. The van der Waals surface area contributed by atoms with E-state index in [1.807, 2.05) is 0 Å². The van der Waals surface area contributed by atoms with Crippen molar-refractivity contribution in [2.24, 2.45) is 0 Å². The molecule has 1 saturated heterocycles. The summed E-state index contributed by atoms with van der Waals surface area (Å²) in [5, 5.41) is 3.45. The molecule has 0 radical (unpaired) electrons. The van der Waals surface area contributed by atoms with Crippen LogP contribution in [0.25, 0.3) is 0 Å². The Morgan fingerprint density at radius 1 is 1.45 bits per heavy atom. The summed E-state index contributed by atoms with van der Waals surface area (Å²) in [5.41, 5.74) is 2.54. The molecule has 0 bridgehead atoms. The van der Waals surface area contributed by atoms with Crippen molar-refractivity contribution in [1.82, 2.24) is 5.32 Å². The molecule has 1 N–H and O–H groups in total. The third-order valence-corrected chi connectivity index (χ3v) is 4.42. The molecule has 0 aromatic heterocycles. The number of hydrogen-bond donors (Lipinski definition) is 1. The number of rotatable bonds is 6. The second-order valence-electron chi connectivity index (χ2n) is 5.83. The summed E-state index contributed by atoms with van der Waals surface area (Å²) in [6.45, 7) is 7.11. The number of benzene rings is 1. The quantitative estimate of drug-likeness (QED) is 0.856. The monoisotopic (exact) mass is 340 g/mol. The molecule has 1 fully saturated rings. The molecule has 4 heteroatoms. The number of likely N-dealkylation sites (N-methyl/N-ethyl adjacent to an activating group) is 1. The molecule has 1 atom stereocenters. The van der Waals surface area contributed by atoms with Crippen LogP contribution in [-0.4, -0.2) is 32.3 Å². The van der Waals surface area contributed by atoms with Crippen LogP contribution < -0.4 is 10.2 Å². The lowest BCUT2D eigenvalue weighted by Gasteiger charge is -2.23. The molecule has 1 aliphatic rings. The Morgan fingerprint density at radius 2 is 2.25 bits per heavy atom. The Kier molecular flexibility index (Phi) is 5.87. The summed E-state index contributed by atoms with van der Waals surface area (Å²) in [6.07, 6.45) is 2.77. The lowest BCUT2D eigenvalue weighted by Crippen LogP contribution is -2.28. The second kappa shape index (κ2) is 7.43. The molecule has 0 amide bonds. The third-order valence-electron chi connectivity index (χ3n) is 3.68. The zero-order chi connectivity index (χ0) is 14.5. The van der Waals surface area contributed by atoms with Crippen LogP contribution in [0.1, 0.15) is 32.3 Å². The lowest BCUT2D eigenvalue weighted by atomic mass is 10.1. The number of nitrogens with one attached hydrogen (secondary N) is 1. The van der Waals surface area contributed by atoms with Crippen LogP contribution in [0.15, 0.2) is 22.7 Å². The largest absolute Gasteiger partial charge is 0.376 e. The third kappa shape index (κ3) is 4.47. The van der Waals surface area contributed by atoms with Gasteiger partial charge in [0.05, 0.1) is 6.10 Å². The van der Waals surface area contributed by atoms with Crippen LogP contribution in [0.4, 0.5) is 5.69 Å². The van der Waals surface area contributed by atoms with Crippen molar-refractivity contribution in [2.75, 3.05) is 25.1 Å². The summed E-state index contributed by atoms with van der Waals surface area (Å²) >= 11 is 3.68. The van der Waals surface area contributed by atoms with Gasteiger partial charge in [-0.25, -0.2) is 0 Å². The zero-order valence-corrected chi connectivity index (χ0v) is 14.2. The molecule has 0 spiro atoms. The van der Waals surface area contributed by atoms with Gasteiger partial charge >= 0.3 is 0 Å². The Labute approximate surface area is 130 Å². The van der Waals surface area contributed by atoms with Gasteiger partial charge in [0.25, 0.3) is 0 Å². The Hall–Kier alpha value is -0.580. The van der Waals surface area contributed by atoms with Gasteiger partial charge in [0.2, 0.25) is 0 Å². The second-order valence-corrected chi connectivity index (χ2v) is 6.68. The van der Waals surface area contributed by atoms with Crippen LogP contribution in [-0.2, 0) is 11.3 Å². The van der Waals surface area contributed by atoms with E-state index < -0.39 is 0 Å². The fourth-order valence-corrected chi connectivity index (χ4v) is 2.94. The van der Waals surface area contributed by atoms with E-state index in [9.17, 15) is 0 Å². The van der Waals surface area contributed by atoms with Crippen molar-refractivity contribution >= 4 is 21.6 Å². The number of nitrogens with zero attached hydrogens (tertiary/aromatic N) is 1. The molecule has 1 aromatic carbocycles. The van der Waals surface area contributed by atoms with E-state index in [0.29, 0.717) is 12.1 Å². The van der Waals surface area contributed by atoms with E-state index in [1.54, 1.807) is 0 Å². The fourth-order valence-electron chi connectivity index (χ4n) is 2.43. The maximum atomic E-state index is 5.70. The molecule has 2 rings (SSSR count). The standard InChI is InChI=1S/C16H25BrN2O/c1-12(2)18-10-13-6-7-14(9-16(13)17)19(3)11-15-5-4-8-20-15/h6-7,9,12,15,18H,4-5,8,10-11H2,1-3H3. The molecule has 1 unspecified atom stereocenters. The topological polar surface area (TPSA) is 24.5 Å². The maximum absolute atomic E-state index is 5.70. The van der Waals surface area contributed by atoms with E-state index in [-0.39, 0.29) is 0 Å². The summed E-state index contributed by atoms with van der Waals surface area (Å²) in [7, 11) is 2.13. The van der Waals surface area contributed by atoms with Gasteiger partial charge in [0, 0.05) is 42.9 Å². The van der Waals surface area contributed by atoms with Crippen LogP contribution in [0.2, 0.25) is 0 Å². The van der Waals surface area contributed by atoms with Crippen molar-refractivity contribution < 1.29 is 4.74 Å². The van der Waals surface area contributed by atoms with Crippen molar-refractivity contribution in [2.45, 2.75) is 45.4 Å². The van der Waals surface area contributed by atoms with Gasteiger partial charge in [0.15, 0.2) is 0 Å². The van der Waals surface area contributed by atoms with Gasteiger partial charge in [-0.15, -0.1) is 0 Å². The zero-order valence-electron chi connectivity index (χ0n) is 12.7. The Balaban J connectivity index is 1.96. The normalized spacial score (nSPS) is 18.8. The highest BCUT2D eigenvalue weighted by Crippen LogP contribution is 2.25. The molecule has 112 valence electrons. The minimum atomic E-state index is 0.390. The highest BCUT2D eigenvalue weighted by atomic mass is 79.9. The number of anilines is 1.